The first-order chi connectivity index (χ1) is 19.9. The van der Waals surface area contributed by atoms with Crippen molar-refractivity contribution in [3.8, 4) is 11.4 Å². The minimum absolute atomic E-state index is 0.0396. The van der Waals surface area contributed by atoms with Crippen LogP contribution in [0, 0.1) is 0 Å². The third kappa shape index (κ3) is 6.56. The first kappa shape index (κ1) is 30.6. The number of carbonyl (C=O) groups excluding carboxylic acids is 1. The van der Waals surface area contributed by atoms with Gasteiger partial charge in [-0.3, -0.25) is 23.2 Å². The molecular formula is C27H33F3N8O4. The Morgan fingerprint density at radius 2 is 1.88 bits per heavy atom. The number of alkyl halides is 3. The second-order valence-electron chi connectivity index (χ2n) is 9.93. The molecule has 0 aliphatic heterocycles. The summed E-state index contributed by atoms with van der Waals surface area (Å²) in [5.41, 5.74) is -0.858. The molecule has 12 nitrogen and oxygen atoms in total. The molecule has 0 unspecified atom stereocenters. The van der Waals surface area contributed by atoms with Crippen LogP contribution in [0.3, 0.4) is 0 Å². The fraction of sp³-hybridized carbons (Fsp3) is 0.444. The average Bonchev–Trinajstić information content (AvgIpc) is 3.54. The highest BCUT2D eigenvalue weighted by Gasteiger charge is 2.30. The Kier molecular flexibility index (Phi) is 9.19. The van der Waals surface area contributed by atoms with E-state index < -0.39 is 29.1 Å². The minimum Gasteiger partial charge on any atom is -0.428 e. The molecule has 226 valence electrons. The maximum absolute atomic E-state index is 13.5. The van der Waals surface area contributed by atoms with Gasteiger partial charge in [0.2, 0.25) is 0 Å². The van der Waals surface area contributed by atoms with Crippen molar-refractivity contribution >= 4 is 17.3 Å². The maximum Gasteiger partial charge on any atom is 0.416 e. The summed E-state index contributed by atoms with van der Waals surface area (Å²) in [7, 11) is 3.72. The largest absolute Gasteiger partial charge is 0.428 e. The molecular weight excluding hydrogens is 557 g/mol. The van der Waals surface area contributed by atoms with Gasteiger partial charge in [0.1, 0.15) is 5.82 Å². The number of benzene rings is 1. The average molecular weight is 591 g/mol. The zero-order chi connectivity index (χ0) is 30.6. The summed E-state index contributed by atoms with van der Waals surface area (Å²) in [4.78, 5) is 45.6. The van der Waals surface area contributed by atoms with Gasteiger partial charge in [-0.15, -0.1) is 0 Å². The van der Waals surface area contributed by atoms with E-state index >= 15 is 0 Å². The number of aryl methyl sites for hydroxylation is 1. The second-order valence-corrected chi connectivity index (χ2v) is 9.93. The molecule has 0 saturated heterocycles. The Labute approximate surface area is 238 Å². The van der Waals surface area contributed by atoms with Crippen molar-refractivity contribution < 1.29 is 22.7 Å². The van der Waals surface area contributed by atoms with E-state index in [1.54, 1.807) is 19.2 Å². The molecule has 0 aliphatic carbocycles. The van der Waals surface area contributed by atoms with Gasteiger partial charge >= 0.3 is 18.0 Å². The Bertz CT molecular complexity index is 1680. The fourth-order valence-corrected chi connectivity index (χ4v) is 4.50. The number of hydrogen-bond acceptors (Lipinski definition) is 7. The molecule has 0 spiro atoms. The molecule has 4 rings (SSSR count). The number of likely N-dealkylation sites (N-methyl/N-ethyl adjacent to an activating group) is 1. The number of fused-ring (bicyclic) bond motifs is 1. The smallest absolute Gasteiger partial charge is 0.416 e. The molecule has 1 amide bonds. The summed E-state index contributed by atoms with van der Waals surface area (Å²) < 4.78 is 50.3. The molecule has 1 N–H and O–H groups in total. The summed E-state index contributed by atoms with van der Waals surface area (Å²) in [6.45, 7) is 4.59. The van der Waals surface area contributed by atoms with Gasteiger partial charge < -0.3 is 15.0 Å². The summed E-state index contributed by atoms with van der Waals surface area (Å²) >= 11 is 0. The molecule has 0 bridgehead atoms. The quantitative estimate of drug-likeness (QED) is 0.285. The summed E-state index contributed by atoms with van der Waals surface area (Å²) in [6.07, 6.45) is -1.63. The van der Waals surface area contributed by atoms with E-state index in [-0.39, 0.29) is 43.4 Å². The number of nitrogens with zero attached hydrogens (tertiary/aromatic N) is 7. The topological polar surface area (TPSA) is 121 Å². The van der Waals surface area contributed by atoms with E-state index in [2.05, 4.69) is 15.4 Å². The highest BCUT2D eigenvalue weighted by molar-refractivity contribution is 5.77. The van der Waals surface area contributed by atoms with Gasteiger partial charge in [-0.1, -0.05) is 19.1 Å². The third-order valence-electron chi connectivity index (χ3n) is 6.52. The molecule has 1 aromatic carbocycles. The Hall–Kier alpha value is -4.40. The number of amides is 1. The highest BCUT2D eigenvalue weighted by atomic mass is 19.4. The van der Waals surface area contributed by atoms with Crippen LogP contribution in [0.1, 0.15) is 31.4 Å². The van der Waals surface area contributed by atoms with E-state index in [1.165, 1.54) is 26.1 Å². The van der Waals surface area contributed by atoms with Gasteiger partial charge in [-0.25, -0.2) is 14.6 Å². The van der Waals surface area contributed by atoms with Crippen molar-refractivity contribution in [2.45, 2.75) is 52.8 Å². The number of halogens is 3. The van der Waals surface area contributed by atoms with E-state index in [1.807, 2.05) is 25.9 Å². The first-order valence-electron chi connectivity index (χ1n) is 13.4. The van der Waals surface area contributed by atoms with E-state index in [0.29, 0.717) is 30.6 Å². The van der Waals surface area contributed by atoms with Crippen molar-refractivity contribution in [2.75, 3.05) is 27.2 Å². The lowest BCUT2D eigenvalue weighted by Gasteiger charge is -2.13. The SMILES string of the molecule is CCCn1c(=O)c2c(nc(-c3cnn(Cc4cccc(C(F)(F)F)c4)c3)n2COC(=O)NCCN(C)C)n(CC)c1=O. The van der Waals surface area contributed by atoms with E-state index in [4.69, 9.17) is 4.74 Å². The zero-order valence-corrected chi connectivity index (χ0v) is 23.8. The summed E-state index contributed by atoms with van der Waals surface area (Å²) in [6, 6.07) is 4.93. The van der Waals surface area contributed by atoms with Crippen LogP contribution in [-0.2, 0) is 37.3 Å². The summed E-state index contributed by atoms with van der Waals surface area (Å²) in [5.74, 6) is 0.203. The van der Waals surface area contributed by atoms with Crippen molar-refractivity contribution in [2.24, 2.45) is 0 Å². The van der Waals surface area contributed by atoms with Crippen LogP contribution in [0.2, 0.25) is 0 Å². The van der Waals surface area contributed by atoms with E-state index in [9.17, 15) is 27.6 Å². The van der Waals surface area contributed by atoms with E-state index in [0.717, 1.165) is 16.7 Å². The molecule has 42 heavy (non-hydrogen) atoms. The lowest BCUT2D eigenvalue weighted by molar-refractivity contribution is -0.137. The minimum atomic E-state index is -4.48. The zero-order valence-electron chi connectivity index (χ0n) is 23.8. The number of nitrogens with one attached hydrogen (secondary N) is 1. The van der Waals surface area contributed by atoms with Gasteiger partial charge in [-0.2, -0.15) is 18.3 Å². The highest BCUT2D eigenvalue weighted by Crippen LogP contribution is 2.30. The number of ether oxygens (including phenoxy) is 1. The van der Waals surface area contributed by atoms with Crippen molar-refractivity contribution in [3.63, 3.8) is 0 Å². The second kappa shape index (κ2) is 12.6. The maximum atomic E-state index is 13.5. The number of imidazole rings is 1. The Balaban J connectivity index is 1.76. The lowest BCUT2D eigenvalue weighted by atomic mass is 10.1. The van der Waals surface area contributed by atoms with Crippen LogP contribution in [0.5, 0.6) is 0 Å². The molecule has 4 aromatic rings. The van der Waals surface area contributed by atoms with Gasteiger partial charge in [-0.05, 0) is 45.1 Å². The van der Waals surface area contributed by atoms with Gasteiger partial charge in [0, 0.05) is 32.4 Å². The molecule has 0 fully saturated rings. The third-order valence-corrected chi connectivity index (χ3v) is 6.52. The van der Waals surface area contributed by atoms with Crippen molar-refractivity contribution in [1.29, 1.82) is 0 Å². The van der Waals surface area contributed by atoms with Gasteiger partial charge in [0.15, 0.2) is 17.9 Å². The number of aromatic nitrogens is 6. The molecule has 0 aliphatic rings. The first-order valence-corrected chi connectivity index (χ1v) is 13.4. The van der Waals surface area contributed by atoms with Gasteiger partial charge in [0.25, 0.3) is 5.56 Å². The van der Waals surface area contributed by atoms with Crippen molar-refractivity contribution in [1.82, 2.24) is 38.7 Å². The lowest BCUT2D eigenvalue weighted by Crippen LogP contribution is -2.40. The Morgan fingerprint density at radius 3 is 2.55 bits per heavy atom. The molecule has 0 saturated carbocycles. The fourth-order valence-electron chi connectivity index (χ4n) is 4.50. The van der Waals surface area contributed by atoms with Crippen LogP contribution in [0.4, 0.5) is 18.0 Å². The molecule has 0 radical (unpaired) electrons. The predicted octanol–water partition coefficient (Wildman–Crippen LogP) is 2.97. The number of hydrogen-bond donors (Lipinski definition) is 1. The monoisotopic (exact) mass is 590 g/mol. The Morgan fingerprint density at radius 1 is 1.12 bits per heavy atom. The number of carbonyl (C=O) groups is 1. The molecule has 3 heterocycles. The van der Waals surface area contributed by atoms with Crippen LogP contribution < -0.4 is 16.6 Å². The van der Waals surface area contributed by atoms with Crippen LogP contribution >= 0.6 is 0 Å². The predicted molar refractivity (Wildman–Crippen MR) is 149 cm³/mol. The van der Waals surface area contributed by atoms with Crippen molar-refractivity contribution in [3.05, 3.63) is 68.6 Å². The standard InChI is InChI=1S/C27H33F3N8O4/c1-5-11-37-24(39)21-23(36(6-2)26(37)41)33-22(38(21)17-42-25(40)31-10-12-34(3)4)19-14-32-35(16-19)15-18-8-7-9-20(13-18)27(28,29)30/h7-9,13-14,16H,5-6,10-12,15,17H2,1-4H3,(H,31,40). The van der Waals surface area contributed by atoms with Crippen LogP contribution in [-0.4, -0.2) is 66.6 Å². The number of rotatable bonds is 11. The molecule has 15 heteroatoms. The summed E-state index contributed by atoms with van der Waals surface area (Å²) in [5, 5.41) is 6.91. The number of alkyl carbamates (subject to hydrolysis) is 1. The molecule has 0 atom stereocenters. The van der Waals surface area contributed by atoms with Gasteiger partial charge in [0.05, 0.1) is 23.9 Å². The van der Waals surface area contributed by atoms with Crippen LogP contribution in [0.25, 0.3) is 22.6 Å². The molecule has 3 aromatic heterocycles. The van der Waals surface area contributed by atoms with Crippen LogP contribution in [0.15, 0.2) is 46.2 Å². The normalized spacial score (nSPS) is 11.9.